The Morgan fingerprint density at radius 1 is 1.14 bits per heavy atom. The molecule has 0 aliphatic heterocycles. The van der Waals surface area contributed by atoms with Crippen LogP contribution in [0.25, 0.3) is 0 Å². The highest BCUT2D eigenvalue weighted by molar-refractivity contribution is 5.89. The van der Waals surface area contributed by atoms with E-state index in [1.807, 2.05) is 18.2 Å². The van der Waals surface area contributed by atoms with Crippen molar-refractivity contribution in [3.8, 4) is 0 Å². The molecule has 0 radical (unpaired) electrons. The van der Waals surface area contributed by atoms with Gasteiger partial charge in [-0.05, 0) is 42.4 Å². The Morgan fingerprint density at radius 2 is 1.81 bits per heavy atom. The Kier molecular flexibility index (Phi) is 4.92. The van der Waals surface area contributed by atoms with Gasteiger partial charge >= 0.3 is 0 Å². The van der Waals surface area contributed by atoms with E-state index in [4.69, 9.17) is 0 Å². The standard InChI is InChI=1S/C18H28N2O/c1-13(21)19-14-8-7-9-15(12-14)20-17-11-6-5-10-16(17)18(2,3)4/h7-9,12,16-17,20H,5-6,10-11H2,1-4H3,(H,19,21). The van der Waals surface area contributed by atoms with Gasteiger partial charge in [0.15, 0.2) is 0 Å². The molecule has 1 aromatic carbocycles. The normalized spacial score (nSPS) is 22.7. The Hall–Kier alpha value is -1.51. The third kappa shape index (κ3) is 4.48. The second kappa shape index (κ2) is 6.50. The second-order valence-electron chi connectivity index (χ2n) is 7.27. The second-order valence-corrected chi connectivity index (χ2v) is 7.27. The molecule has 0 aromatic heterocycles. The summed E-state index contributed by atoms with van der Waals surface area (Å²) in [5.41, 5.74) is 2.28. The number of nitrogens with one attached hydrogen (secondary N) is 2. The summed E-state index contributed by atoms with van der Waals surface area (Å²) in [7, 11) is 0. The lowest BCUT2D eigenvalue weighted by Gasteiger charge is -2.41. The molecule has 2 unspecified atom stereocenters. The van der Waals surface area contributed by atoms with Crippen LogP contribution in [0.1, 0.15) is 53.4 Å². The highest BCUT2D eigenvalue weighted by Crippen LogP contribution is 2.39. The Bertz CT molecular complexity index is 490. The van der Waals surface area contributed by atoms with Crippen LogP contribution in [0.4, 0.5) is 11.4 Å². The van der Waals surface area contributed by atoms with Gasteiger partial charge in [0.25, 0.3) is 0 Å². The lowest BCUT2D eigenvalue weighted by atomic mass is 9.69. The summed E-state index contributed by atoms with van der Waals surface area (Å²) in [4.78, 5) is 11.2. The molecule has 1 aliphatic rings. The van der Waals surface area contributed by atoms with Crippen LogP contribution in [0.15, 0.2) is 24.3 Å². The third-order valence-corrected chi connectivity index (χ3v) is 4.41. The molecule has 0 heterocycles. The smallest absolute Gasteiger partial charge is 0.221 e. The molecule has 1 aromatic rings. The minimum absolute atomic E-state index is 0.0302. The maximum Gasteiger partial charge on any atom is 0.221 e. The van der Waals surface area contributed by atoms with E-state index in [0.29, 0.717) is 17.4 Å². The minimum Gasteiger partial charge on any atom is -0.382 e. The summed E-state index contributed by atoms with van der Waals surface area (Å²) in [5.74, 6) is 0.660. The first-order valence-corrected chi connectivity index (χ1v) is 8.00. The number of amides is 1. The van der Waals surface area contributed by atoms with Gasteiger partial charge in [-0.1, -0.05) is 39.7 Å². The van der Waals surface area contributed by atoms with Crippen molar-refractivity contribution in [3.63, 3.8) is 0 Å². The fourth-order valence-electron chi connectivity index (χ4n) is 3.44. The van der Waals surface area contributed by atoms with Gasteiger partial charge in [-0.2, -0.15) is 0 Å². The molecule has 3 nitrogen and oxygen atoms in total. The van der Waals surface area contributed by atoms with Gasteiger partial charge in [-0.3, -0.25) is 4.79 Å². The van der Waals surface area contributed by atoms with E-state index in [-0.39, 0.29) is 5.91 Å². The van der Waals surface area contributed by atoms with Crippen molar-refractivity contribution in [2.75, 3.05) is 10.6 Å². The average molecular weight is 288 g/mol. The quantitative estimate of drug-likeness (QED) is 0.849. The number of anilines is 2. The van der Waals surface area contributed by atoms with Crippen molar-refractivity contribution in [3.05, 3.63) is 24.3 Å². The van der Waals surface area contributed by atoms with Gasteiger partial charge in [-0.15, -0.1) is 0 Å². The zero-order valence-electron chi connectivity index (χ0n) is 13.7. The molecule has 1 aliphatic carbocycles. The minimum atomic E-state index is -0.0302. The van der Waals surface area contributed by atoms with E-state index in [9.17, 15) is 4.79 Å². The van der Waals surface area contributed by atoms with Crippen molar-refractivity contribution < 1.29 is 4.79 Å². The van der Waals surface area contributed by atoms with E-state index >= 15 is 0 Å². The molecule has 116 valence electrons. The fourth-order valence-corrected chi connectivity index (χ4v) is 3.44. The first kappa shape index (κ1) is 15.9. The first-order chi connectivity index (χ1) is 9.86. The molecule has 2 rings (SSSR count). The van der Waals surface area contributed by atoms with Crippen molar-refractivity contribution in [1.29, 1.82) is 0 Å². The lowest BCUT2D eigenvalue weighted by molar-refractivity contribution is -0.114. The zero-order chi connectivity index (χ0) is 15.5. The van der Waals surface area contributed by atoms with Crippen molar-refractivity contribution >= 4 is 17.3 Å². The predicted octanol–water partition coefficient (Wildman–Crippen LogP) is 4.66. The van der Waals surface area contributed by atoms with Gasteiger partial charge < -0.3 is 10.6 Å². The van der Waals surface area contributed by atoms with Crippen molar-refractivity contribution in [2.45, 2.75) is 59.4 Å². The SMILES string of the molecule is CC(=O)Nc1cccc(NC2CCCCC2C(C)(C)C)c1. The average Bonchev–Trinajstić information content (AvgIpc) is 2.37. The van der Waals surface area contributed by atoms with Crippen LogP contribution in [0.5, 0.6) is 0 Å². The summed E-state index contributed by atoms with van der Waals surface area (Å²) >= 11 is 0. The van der Waals surface area contributed by atoms with E-state index < -0.39 is 0 Å². The maximum absolute atomic E-state index is 11.2. The van der Waals surface area contributed by atoms with Gasteiger partial charge in [-0.25, -0.2) is 0 Å². The summed E-state index contributed by atoms with van der Waals surface area (Å²) in [6.07, 6.45) is 5.17. The maximum atomic E-state index is 11.2. The summed E-state index contributed by atoms with van der Waals surface area (Å²) in [5, 5.41) is 6.54. The molecule has 0 spiro atoms. The van der Waals surface area contributed by atoms with Crippen LogP contribution in [0.3, 0.4) is 0 Å². The largest absolute Gasteiger partial charge is 0.382 e. The summed E-state index contributed by atoms with van der Waals surface area (Å²) < 4.78 is 0. The van der Waals surface area contributed by atoms with Crippen LogP contribution < -0.4 is 10.6 Å². The molecule has 2 atom stereocenters. The molecular formula is C18H28N2O. The Morgan fingerprint density at radius 3 is 2.48 bits per heavy atom. The first-order valence-electron chi connectivity index (χ1n) is 8.00. The monoisotopic (exact) mass is 288 g/mol. The van der Waals surface area contributed by atoms with Gasteiger partial charge in [0.2, 0.25) is 5.91 Å². The molecule has 3 heteroatoms. The van der Waals surface area contributed by atoms with Crippen molar-refractivity contribution in [1.82, 2.24) is 0 Å². The number of rotatable bonds is 3. The van der Waals surface area contributed by atoms with Crippen LogP contribution in [0, 0.1) is 11.3 Å². The molecule has 0 bridgehead atoms. The molecule has 2 N–H and O–H groups in total. The van der Waals surface area contributed by atoms with E-state index in [1.54, 1.807) is 0 Å². The van der Waals surface area contributed by atoms with Crippen LogP contribution >= 0.6 is 0 Å². The van der Waals surface area contributed by atoms with E-state index in [0.717, 1.165) is 11.4 Å². The number of hydrogen-bond acceptors (Lipinski definition) is 2. The lowest BCUT2D eigenvalue weighted by Crippen LogP contribution is -2.39. The van der Waals surface area contributed by atoms with E-state index in [2.05, 4.69) is 37.5 Å². The number of hydrogen-bond donors (Lipinski definition) is 2. The van der Waals surface area contributed by atoms with Gasteiger partial charge in [0.1, 0.15) is 0 Å². The molecule has 1 fully saturated rings. The molecule has 1 amide bonds. The fraction of sp³-hybridized carbons (Fsp3) is 0.611. The van der Waals surface area contributed by atoms with Gasteiger partial charge in [0.05, 0.1) is 0 Å². The zero-order valence-corrected chi connectivity index (χ0v) is 13.7. The summed E-state index contributed by atoms with van der Waals surface area (Å²) in [6, 6.07) is 8.54. The summed E-state index contributed by atoms with van der Waals surface area (Å²) in [6.45, 7) is 8.55. The third-order valence-electron chi connectivity index (χ3n) is 4.41. The topological polar surface area (TPSA) is 41.1 Å². The molecule has 0 saturated heterocycles. The number of carbonyl (C=O) groups is 1. The Labute approximate surface area is 128 Å². The van der Waals surface area contributed by atoms with E-state index in [1.165, 1.54) is 32.6 Å². The molecule has 21 heavy (non-hydrogen) atoms. The van der Waals surface area contributed by atoms with Crippen molar-refractivity contribution in [2.24, 2.45) is 11.3 Å². The Balaban J connectivity index is 2.10. The van der Waals surface area contributed by atoms with Crippen LogP contribution in [-0.4, -0.2) is 11.9 Å². The number of carbonyl (C=O) groups excluding carboxylic acids is 1. The predicted molar refractivity (Wildman–Crippen MR) is 89.6 cm³/mol. The number of benzene rings is 1. The highest BCUT2D eigenvalue weighted by atomic mass is 16.1. The van der Waals surface area contributed by atoms with Crippen LogP contribution in [0.2, 0.25) is 0 Å². The molecule has 1 saturated carbocycles. The highest BCUT2D eigenvalue weighted by Gasteiger charge is 2.33. The van der Waals surface area contributed by atoms with Crippen LogP contribution in [-0.2, 0) is 4.79 Å². The van der Waals surface area contributed by atoms with Gasteiger partial charge in [0, 0.05) is 24.3 Å². The molecular weight excluding hydrogens is 260 g/mol.